The van der Waals surface area contributed by atoms with Gasteiger partial charge < -0.3 is 14.4 Å². The van der Waals surface area contributed by atoms with Gasteiger partial charge in [-0.2, -0.15) is 0 Å². The van der Waals surface area contributed by atoms with Crippen LogP contribution in [-0.2, 0) is 19.1 Å². The van der Waals surface area contributed by atoms with Crippen LogP contribution in [0.25, 0.3) is 0 Å². The Bertz CT molecular complexity index is 457. The molecule has 0 saturated carbocycles. The van der Waals surface area contributed by atoms with Gasteiger partial charge in [0.1, 0.15) is 5.60 Å². The second kappa shape index (κ2) is 7.97. The van der Waals surface area contributed by atoms with Gasteiger partial charge in [-0.25, -0.2) is 4.79 Å². The number of thioether (sulfide) groups is 1. The Hall–Kier alpha value is -1.08. The van der Waals surface area contributed by atoms with Crippen LogP contribution in [0.15, 0.2) is 12.7 Å². The predicted molar refractivity (Wildman–Crippen MR) is 91.5 cm³/mol. The normalized spacial score (nSPS) is 19.2. The zero-order valence-corrected chi connectivity index (χ0v) is 15.1. The van der Waals surface area contributed by atoms with E-state index in [-0.39, 0.29) is 16.3 Å². The van der Waals surface area contributed by atoms with Crippen LogP contribution in [0, 0.1) is 0 Å². The summed E-state index contributed by atoms with van der Waals surface area (Å²) in [6.07, 6.45) is 2.78. The zero-order chi connectivity index (χ0) is 16.9. The Kier molecular flexibility index (Phi) is 6.87. The van der Waals surface area contributed by atoms with Gasteiger partial charge in [-0.05, 0) is 58.1 Å². The number of thiocarbonyl (C=S) groups is 1. The number of ether oxygens (including phenoxy) is 2. The number of esters is 1. The Morgan fingerprint density at radius 1 is 1.59 bits per heavy atom. The van der Waals surface area contributed by atoms with Crippen LogP contribution >= 0.6 is 24.0 Å². The minimum absolute atomic E-state index is 0.0422. The van der Waals surface area contributed by atoms with Crippen molar-refractivity contribution in [3.63, 3.8) is 0 Å². The molecule has 0 aromatic heterocycles. The van der Waals surface area contributed by atoms with Crippen LogP contribution in [0.1, 0.15) is 40.5 Å². The van der Waals surface area contributed by atoms with E-state index in [2.05, 4.69) is 6.58 Å². The van der Waals surface area contributed by atoms with Gasteiger partial charge >= 0.3 is 5.97 Å². The summed E-state index contributed by atoms with van der Waals surface area (Å²) in [6, 6.07) is -0.0422. The van der Waals surface area contributed by atoms with Crippen LogP contribution in [0.2, 0.25) is 0 Å². The third-order valence-electron chi connectivity index (χ3n) is 2.86. The highest BCUT2D eigenvalue weighted by molar-refractivity contribution is 8.23. The summed E-state index contributed by atoms with van der Waals surface area (Å²) in [4.78, 5) is 25.9. The summed E-state index contributed by atoms with van der Waals surface area (Å²) in [5.41, 5.74) is -0.634. The number of hydrogen-bond acceptors (Lipinski definition) is 6. The number of carbonyl (C=O) groups is 2. The third-order valence-corrected chi connectivity index (χ3v) is 4.22. The fourth-order valence-electron chi connectivity index (χ4n) is 2.02. The number of likely N-dealkylation sites (tertiary alicyclic amines) is 1. The minimum Gasteiger partial charge on any atom is -0.479 e. The van der Waals surface area contributed by atoms with Crippen LogP contribution in [0.5, 0.6) is 0 Å². The van der Waals surface area contributed by atoms with Crippen molar-refractivity contribution in [2.45, 2.75) is 57.6 Å². The summed E-state index contributed by atoms with van der Waals surface area (Å²) < 4.78 is 10.9. The summed E-state index contributed by atoms with van der Waals surface area (Å²) in [6.45, 7) is 11.3. The second-order valence-electron chi connectivity index (χ2n) is 5.87. The summed E-state index contributed by atoms with van der Waals surface area (Å²) >= 11 is 6.14. The Morgan fingerprint density at radius 3 is 2.68 bits per heavy atom. The molecule has 0 aromatic carbocycles. The maximum absolute atomic E-state index is 12.5. The fourth-order valence-corrected chi connectivity index (χ4v) is 3.33. The number of rotatable bonds is 6. The standard InChI is InChI=1S/C15H23NO4S2/c1-6-8-10-9-11(17)16(10)12(22-14(21)19-7-2)13(18)20-15(3,4)5/h6,10,12H,1,7-9H2,2-5H3. The van der Waals surface area contributed by atoms with Gasteiger partial charge in [-0.3, -0.25) is 4.79 Å². The first-order chi connectivity index (χ1) is 10.2. The molecule has 0 radical (unpaired) electrons. The molecule has 0 aromatic rings. The molecule has 2 unspecified atom stereocenters. The molecule has 1 saturated heterocycles. The molecule has 1 fully saturated rings. The van der Waals surface area contributed by atoms with E-state index < -0.39 is 16.9 Å². The molecule has 1 amide bonds. The molecule has 22 heavy (non-hydrogen) atoms. The maximum Gasteiger partial charge on any atom is 0.340 e. The van der Waals surface area contributed by atoms with Crippen molar-refractivity contribution in [2.24, 2.45) is 0 Å². The second-order valence-corrected chi connectivity index (χ2v) is 7.55. The smallest absolute Gasteiger partial charge is 0.340 e. The van der Waals surface area contributed by atoms with E-state index in [1.54, 1.807) is 26.8 Å². The van der Waals surface area contributed by atoms with Crippen LogP contribution < -0.4 is 0 Å². The van der Waals surface area contributed by atoms with Gasteiger partial charge in [-0.1, -0.05) is 6.08 Å². The molecule has 1 aliphatic heterocycles. The fraction of sp³-hybridized carbons (Fsp3) is 0.667. The maximum atomic E-state index is 12.5. The molecule has 7 heteroatoms. The molecule has 124 valence electrons. The number of β-lactam (4-membered cyclic amide) rings is 1. The molecule has 0 spiro atoms. The first kappa shape index (κ1) is 19.0. The van der Waals surface area contributed by atoms with Crippen LogP contribution in [0.4, 0.5) is 0 Å². The minimum atomic E-state index is -0.815. The Labute approximate surface area is 141 Å². The van der Waals surface area contributed by atoms with E-state index in [9.17, 15) is 9.59 Å². The number of amides is 1. The summed E-state index contributed by atoms with van der Waals surface area (Å²) in [7, 11) is 0. The van der Waals surface area contributed by atoms with E-state index in [1.165, 1.54) is 4.90 Å². The van der Waals surface area contributed by atoms with Crippen molar-refractivity contribution in [2.75, 3.05) is 6.61 Å². The first-order valence-corrected chi connectivity index (χ1v) is 8.46. The first-order valence-electron chi connectivity index (χ1n) is 7.18. The van der Waals surface area contributed by atoms with Gasteiger partial charge in [0.15, 0.2) is 5.37 Å². The lowest BCUT2D eigenvalue weighted by Gasteiger charge is -2.44. The number of nitrogens with zero attached hydrogens (tertiary/aromatic N) is 1. The molecule has 1 rings (SSSR count). The number of carbonyl (C=O) groups excluding carboxylic acids is 2. The summed E-state index contributed by atoms with van der Waals surface area (Å²) in [5.74, 6) is -0.573. The average molecular weight is 345 g/mol. The van der Waals surface area contributed by atoms with E-state index in [0.717, 1.165) is 11.8 Å². The Morgan fingerprint density at radius 2 is 2.23 bits per heavy atom. The van der Waals surface area contributed by atoms with Crippen molar-refractivity contribution in [3.05, 3.63) is 12.7 Å². The van der Waals surface area contributed by atoms with E-state index in [1.807, 2.05) is 6.92 Å². The van der Waals surface area contributed by atoms with Crippen LogP contribution in [0.3, 0.4) is 0 Å². The SMILES string of the molecule is C=CCC1CC(=O)N1C(SC(=S)OCC)C(=O)OC(C)(C)C. The van der Waals surface area contributed by atoms with Gasteiger partial charge in [0.2, 0.25) is 10.3 Å². The van der Waals surface area contributed by atoms with Gasteiger partial charge in [-0.15, -0.1) is 6.58 Å². The van der Waals surface area contributed by atoms with Crippen molar-refractivity contribution in [1.82, 2.24) is 4.90 Å². The third kappa shape index (κ3) is 5.28. The molecular formula is C15H23NO4S2. The van der Waals surface area contributed by atoms with E-state index in [0.29, 0.717) is 19.4 Å². The lowest BCUT2D eigenvalue weighted by molar-refractivity contribution is -0.167. The average Bonchev–Trinajstić information content (AvgIpc) is 2.35. The quantitative estimate of drug-likeness (QED) is 0.319. The highest BCUT2D eigenvalue weighted by Gasteiger charge is 2.45. The van der Waals surface area contributed by atoms with Crippen LogP contribution in [-0.4, -0.2) is 44.8 Å². The van der Waals surface area contributed by atoms with Gasteiger partial charge in [0.25, 0.3) is 0 Å². The monoisotopic (exact) mass is 345 g/mol. The molecule has 2 atom stereocenters. The highest BCUT2D eigenvalue weighted by atomic mass is 32.2. The van der Waals surface area contributed by atoms with Gasteiger partial charge in [0, 0.05) is 12.5 Å². The molecule has 0 aliphatic carbocycles. The van der Waals surface area contributed by atoms with Crippen molar-refractivity contribution < 1.29 is 19.1 Å². The molecule has 5 nitrogen and oxygen atoms in total. The van der Waals surface area contributed by atoms with Crippen molar-refractivity contribution >= 4 is 40.2 Å². The van der Waals surface area contributed by atoms with E-state index >= 15 is 0 Å². The lowest BCUT2D eigenvalue weighted by atomic mass is 9.98. The molecule has 0 N–H and O–H groups in total. The summed E-state index contributed by atoms with van der Waals surface area (Å²) in [5, 5.41) is -0.815. The zero-order valence-electron chi connectivity index (χ0n) is 13.5. The molecule has 0 bridgehead atoms. The topological polar surface area (TPSA) is 55.8 Å². The lowest BCUT2D eigenvalue weighted by Crippen LogP contribution is -2.59. The predicted octanol–water partition coefficient (Wildman–Crippen LogP) is 2.89. The van der Waals surface area contributed by atoms with Crippen molar-refractivity contribution in [3.8, 4) is 0 Å². The molecule has 1 aliphatic rings. The molecular weight excluding hydrogens is 322 g/mol. The van der Waals surface area contributed by atoms with Crippen molar-refractivity contribution in [1.29, 1.82) is 0 Å². The Balaban J connectivity index is 2.90. The number of hydrogen-bond donors (Lipinski definition) is 0. The largest absolute Gasteiger partial charge is 0.479 e. The van der Waals surface area contributed by atoms with Gasteiger partial charge in [0.05, 0.1) is 6.61 Å². The van der Waals surface area contributed by atoms with E-state index in [4.69, 9.17) is 21.7 Å². The highest BCUT2D eigenvalue weighted by Crippen LogP contribution is 2.33. The molecule has 1 heterocycles.